The molecule has 0 radical (unpaired) electrons. The van der Waals surface area contributed by atoms with Crippen LogP contribution in [0, 0.1) is 12.8 Å². The van der Waals surface area contributed by atoms with E-state index in [2.05, 4.69) is 13.8 Å². The van der Waals surface area contributed by atoms with Crippen molar-refractivity contribution in [1.29, 1.82) is 0 Å². The maximum absolute atomic E-state index is 11.9. The quantitative estimate of drug-likeness (QED) is 0.399. The second kappa shape index (κ2) is 11.1. The summed E-state index contributed by atoms with van der Waals surface area (Å²) in [5.41, 5.74) is 0.596. The summed E-state index contributed by atoms with van der Waals surface area (Å²) >= 11 is 0. The Labute approximate surface area is 166 Å². The molecule has 0 aliphatic heterocycles. The third-order valence-electron chi connectivity index (χ3n) is 4.52. The average molecular weight is 384 g/mol. The van der Waals surface area contributed by atoms with E-state index in [-0.39, 0.29) is 17.1 Å². The smallest absolute Gasteiger partial charge is 0.330 e. The van der Waals surface area contributed by atoms with Gasteiger partial charge in [-0.1, -0.05) is 45.2 Å². The van der Waals surface area contributed by atoms with Crippen LogP contribution in [0.25, 0.3) is 6.08 Å². The number of hydrogen-bond donors (Lipinski definition) is 0. The second-order valence-electron chi connectivity index (χ2n) is 6.72. The van der Waals surface area contributed by atoms with Gasteiger partial charge in [-0.05, 0) is 43.0 Å². The first kappa shape index (κ1) is 21.5. The number of esters is 1. The molecule has 0 saturated carbocycles. The van der Waals surface area contributed by atoms with Gasteiger partial charge in [0.15, 0.2) is 0 Å². The molecule has 0 saturated heterocycles. The van der Waals surface area contributed by atoms with E-state index in [9.17, 15) is 9.59 Å². The van der Waals surface area contributed by atoms with Gasteiger partial charge in [-0.25, -0.2) is 4.79 Å². The van der Waals surface area contributed by atoms with Crippen LogP contribution in [0.5, 0.6) is 11.5 Å². The zero-order valence-corrected chi connectivity index (χ0v) is 16.8. The first-order valence-corrected chi connectivity index (χ1v) is 9.74. The molecule has 1 aromatic carbocycles. The van der Waals surface area contributed by atoms with E-state index in [1.807, 2.05) is 0 Å². The zero-order chi connectivity index (χ0) is 20.4. The summed E-state index contributed by atoms with van der Waals surface area (Å²) in [6.45, 7) is 6.42. The first-order valence-electron chi connectivity index (χ1n) is 9.74. The molecule has 2 rings (SSSR count). The molecule has 0 N–H and O–H groups in total. The molecule has 0 bridgehead atoms. The molecule has 0 fully saturated rings. The molecule has 150 valence electrons. The van der Waals surface area contributed by atoms with Crippen LogP contribution in [-0.2, 0) is 9.53 Å². The first-order chi connectivity index (χ1) is 13.5. The van der Waals surface area contributed by atoms with E-state index in [0.29, 0.717) is 24.0 Å². The Bertz CT molecular complexity index is 833. The molecule has 5 nitrogen and oxygen atoms in total. The Morgan fingerprint density at radius 2 is 1.93 bits per heavy atom. The lowest BCUT2D eigenvalue weighted by Gasteiger charge is -2.13. The van der Waals surface area contributed by atoms with Crippen molar-refractivity contribution in [2.24, 2.45) is 5.92 Å². The van der Waals surface area contributed by atoms with Crippen LogP contribution in [0.15, 0.2) is 51.9 Å². The predicted molar refractivity (Wildman–Crippen MR) is 110 cm³/mol. The fourth-order valence-corrected chi connectivity index (χ4v) is 2.70. The molecule has 5 heteroatoms. The van der Waals surface area contributed by atoms with Gasteiger partial charge < -0.3 is 13.9 Å². The van der Waals surface area contributed by atoms with Gasteiger partial charge in [-0.15, -0.1) is 0 Å². The van der Waals surface area contributed by atoms with Crippen molar-refractivity contribution in [3.8, 4) is 11.5 Å². The SMILES string of the molecule is CCCCC(CC)COC(=O)/C=C/c1ccc(Oc2c(C)occc2=O)cc1. The number of ether oxygens (including phenoxy) is 2. The van der Waals surface area contributed by atoms with Gasteiger partial charge in [0, 0.05) is 12.1 Å². The monoisotopic (exact) mass is 384 g/mol. The van der Waals surface area contributed by atoms with E-state index >= 15 is 0 Å². The lowest BCUT2D eigenvalue weighted by Crippen LogP contribution is -2.12. The van der Waals surface area contributed by atoms with Crippen molar-refractivity contribution in [3.05, 3.63) is 64.2 Å². The third-order valence-corrected chi connectivity index (χ3v) is 4.52. The van der Waals surface area contributed by atoms with Gasteiger partial charge in [0.1, 0.15) is 11.5 Å². The Kier molecular flexibility index (Phi) is 8.53. The Balaban J connectivity index is 1.89. The highest BCUT2D eigenvalue weighted by atomic mass is 16.5. The van der Waals surface area contributed by atoms with Crippen LogP contribution in [-0.4, -0.2) is 12.6 Å². The second-order valence-corrected chi connectivity index (χ2v) is 6.72. The van der Waals surface area contributed by atoms with Gasteiger partial charge in [-0.3, -0.25) is 4.79 Å². The van der Waals surface area contributed by atoms with Crippen molar-refractivity contribution in [2.75, 3.05) is 6.61 Å². The average Bonchev–Trinajstić information content (AvgIpc) is 2.70. The highest BCUT2D eigenvalue weighted by Gasteiger charge is 2.09. The summed E-state index contributed by atoms with van der Waals surface area (Å²) in [6.07, 6.45) is 8.87. The largest absolute Gasteiger partial charge is 0.465 e. The minimum atomic E-state index is -0.340. The Morgan fingerprint density at radius 1 is 1.18 bits per heavy atom. The summed E-state index contributed by atoms with van der Waals surface area (Å²) < 4.78 is 16.1. The minimum absolute atomic E-state index is 0.169. The summed E-state index contributed by atoms with van der Waals surface area (Å²) in [6, 6.07) is 8.38. The molecule has 0 spiro atoms. The highest BCUT2D eigenvalue weighted by molar-refractivity contribution is 5.87. The molecule has 1 atom stereocenters. The van der Waals surface area contributed by atoms with E-state index in [1.165, 1.54) is 18.4 Å². The molecule has 0 aliphatic carbocycles. The number of unbranched alkanes of at least 4 members (excludes halogenated alkanes) is 1. The molecule has 0 aliphatic rings. The summed E-state index contributed by atoms with van der Waals surface area (Å²) in [5, 5.41) is 0. The molecular formula is C23H28O5. The maximum atomic E-state index is 11.9. The number of hydrogen-bond acceptors (Lipinski definition) is 5. The lowest BCUT2D eigenvalue weighted by molar-refractivity contribution is -0.139. The minimum Gasteiger partial charge on any atom is -0.465 e. The third kappa shape index (κ3) is 6.72. The van der Waals surface area contributed by atoms with Gasteiger partial charge in [0.25, 0.3) is 0 Å². The summed E-state index contributed by atoms with van der Waals surface area (Å²) in [5.74, 6) is 1.19. The van der Waals surface area contributed by atoms with Crippen LogP contribution in [0.1, 0.15) is 50.9 Å². The van der Waals surface area contributed by atoms with Crippen LogP contribution in [0.2, 0.25) is 0 Å². The lowest BCUT2D eigenvalue weighted by atomic mass is 10.0. The predicted octanol–water partition coefficient (Wildman–Crippen LogP) is 5.51. The molecular weight excluding hydrogens is 356 g/mol. The van der Waals surface area contributed by atoms with Gasteiger partial charge in [-0.2, -0.15) is 0 Å². The zero-order valence-electron chi connectivity index (χ0n) is 16.8. The Morgan fingerprint density at radius 3 is 2.57 bits per heavy atom. The molecule has 1 heterocycles. The number of carbonyl (C=O) groups excluding carboxylic acids is 1. The van der Waals surface area contributed by atoms with Gasteiger partial charge >= 0.3 is 5.97 Å². The molecule has 1 aromatic heterocycles. The van der Waals surface area contributed by atoms with Crippen LogP contribution in [0.4, 0.5) is 0 Å². The van der Waals surface area contributed by atoms with E-state index in [4.69, 9.17) is 13.9 Å². The molecule has 2 aromatic rings. The fraction of sp³-hybridized carbons (Fsp3) is 0.391. The van der Waals surface area contributed by atoms with Crippen molar-refractivity contribution < 1.29 is 18.7 Å². The van der Waals surface area contributed by atoms with E-state index in [1.54, 1.807) is 37.3 Å². The topological polar surface area (TPSA) is 65.7 Å². The standard InChI is InChI=1S/C23H28O5/c1-4-6-7-18(5-2)16-27-22(25)13-10-19-8-11-20(12-9-19)28-23-17(3)26-15-14-21(23)24/h8-15,18H,4-7,16H2,1-3H3/b13-10+. The van der Waals surface area contributed by atoms with Crippen LogP contribution < -0.4 is 10.2 Å². The molecule has 1 unspecified atom stereocenters. The summed E-state index contributed by atoms with van der Waals surface area (Å²) in [4.78, 5) is 23.7. The number of rotatable bonds is 10. The van der Waals surface area contributed by atoms with Crippen molar-refractivity contribution in [3.63, 3.8) is 0 Å². The normalized spacial score (nSPS) is 12.1. The molecule has 0 amide bonds. The maximum Gasteiger partial charge on any atom is 0.330 e. The number of carbonyl (C=O) groups is 1. The number of aryl methyl sites for hydroxylation is 1. The number of benzene rings is 1. The molecule has 28 heavy (non-hydrogen) atoms. The van der Waals surface area contributed by atoms with Crippen molar-refractivity contribution >= 4 is 12.0 Å². The highest BCUT2D eigenvalue weighted by Crippen LogP contribution is 2.22. The van der Waals surface area contributed by atoms with Crippen LogP contribution >= 0.6 is 0 Å². The van der Waals surface area contributed by atoms with E-state index in [0.717, 1.165) is 31.2 Å². The van der Waals surface area contributed by atoms with Crippen LogP contribution in [0.3, 0.4) is 0 Å². The fourth-order valence-electron chi connectivity index (χ4n) is 2.70. The van der Waals surface area contributed by atoms with Crippen molar-refractivity contribution in [2.45, 2.75) is 46.5 Å². The van der Waals surface area contributed by atoms with Gasteiger partial charge in [0.2, 0.25) is 11.2 Å². The Hall–Kier alpha value is -2.82. The van der Waals surface area contributed by atoms with Gasteiger partial charge in [0.05, 0.1) is 12.9 Å². The van der Waals surface area contributed by atoms with E-state index < -0.39 is 0 Å². The summed E-state index contributed by atoms with van der Waals surface area (Å²) in [7, 11) is 0. The van der Waals surface area contributed by atoms with Crippen molar-refractivity contribution in [1.82, 2.24) is 0 Å².